The largest absolute Gasteiger partial charge is 0.384 e. The summed E-state index contributed by atoms with van der Waals surface area (Å²) < 4.78 is 0. The molecule has 0 saturated heterocycles. The third kappa shape index (κ3) is 4.10. The van der Waals surface area contributed by atoms with E-state index in [-0.39, 0.29) is 18.3 Å². The third-order valence-corrected chi connectivity index (χ3v) is 3.75. The highest BCUT2D eigenvalue weighted by Gasteiger charge is 2.25. The molecule has 1 fully saturated rings. The summed E-state index contributed by atoms with van der Waals surface area (Å²) in [5.41, 5.74) is 6.00. The molecule has 1 aromatic heterocycles. The van der Waals surface area contributed by atoms with Gasteiger partial charge in [0.15, 0.2) is 0 Å². The highest BCUT2D eigenvalue weighted by atomic mass is 35.5. The molecule has 106 valence electrons. The van der Waals surface area contributed by atoms with Crippen LogP contribution in [0, 0.1) is 5.92 Å². The number of hydrogen-bond acceptors (Lipinski definition) is 3. The molecule has 1 amide bonds. The third-order valence-electron chi connectivity index (χ3n) is 3.75. The van der Waals surface area contributed by atoms with E-state index in [0.717, 1.165) is 12.8 Å². The minimum absolute atomic E-state index is 0. The molecule has 0 spiro atoms. The van der Waals surface area contributed by atoms with Crippen LogP contribution in [0.1, 0.15) is 49.5 Å². The number of pyridine rings is 1. The van der Waals surface area contributed by atoms with E-state index in [1.165, 1.54) is 19.3 Å². The van der Waals surface area contributed by atoms with E-state index in [9.17, 15) is 4.79 Å². The van der Waals surface area contributed by atoms with Gasteiger partial charge in [-0.25, -0.2) is 4.98 Å². The van der Waals surface area contributed by atoms with Gasteiger partial charge in [0.2, 0.25) is 0 Å². The van der Waals surface area contributed by atoms with Crippen LogP contribution in [0.15, 0.2) is 18.2 Å². The van der Waals surface area contributed by atoms with Gasteiger partial charge in [-0.2, -0.15) is 0 Å². The number of nitrogens with zero attached hydrogens (tertiary/aromatic N) is 1. The number of hydrogen-bond donors (Lipinski definition) is 2. The second-order valence-electron chi connectivity index (χ2n) is 4.98. The van der Waals surface area contributed by atoms with Crippen LogP contribution in [0.25, 0.3) is 0 Å². The van der Waals surface area contributed by atoms with E-state index in [4.69, 9.17) is 5.73 Å². The van der Waals surface area contributed by atoms with Crippen molar-refractivity contribution in [3.63, 3.8) is 0 Å². The van der Waals surface area contributed by atoms with Crippen molar-refractivity contribution in [3.05, 3.63) is 23.9 Å². The first-order chi connectivity index (χ1) is 8.70. The maximum absolute atomic E-state index is 12.1. The molecule has 4 nitrogen and oxygen atoms in total. The molecule has 1 aromatic rings. The number of rotatable bonds is 3. The maximum atomic E-state index is 12.1. The lowest BCUT2D eigenvalue weighted by Crippen LogP contribution is -2.42. The summed E-state index contributed by atoms with van der Waals surface area (Å²) in [5, 5.41) is 3.11. The summed E-state index contributed by atoms with van der Waals surface area (Å²) in [6.07, 6.45) is 5.89. The van der Waals surface area contributed by atoms with E-state index in [1.807, 2.05) is 0 Å². The monoisotopic (exact) mass is 283 g/mol. The molecular formula is C14H22ClN3O. The zero-order valence-corrected chi connectivity index (χ0v) is 12.1. The number of halogens is 1. The van der Waals surface area contributed by atoms with Crippen molar-refractivity contribution in [2.24, 2.45) is 5.92 Å². The van der Waals surface area contributed by atoms with Crippen molar-refractivity contribution >= 4 is 24.1 Å². The molecule has 2 atom stereocenters. The van der Waals surface area contributed by atoms with Gasteiger partial charge >= 0.3 is 0 Å². The van der Waals surface area contributed by atoms with Crippen molar-refractivity contribution in [2.75, 3.05) is 5.73 Å². The molecule has 1 saturated carbocycles. The molecule has 19 heavy (non-hydrogen) atoms. The lowest BCUT2D eigenvalue weighted by molar-refractivity contribution is 0.0900. The summed E-state index contributed by atoms with van der Waals surface area (Å²) in [5.74, 6) is 0.884. The number of aromatic nitrogens is 1. The molecule has 5 heteroatoms. The molecule has 1 heterocycles. The zero-order valence-electron chi connectivity index (χ0n) is 11.3. The average molecular weight is 284 g/mol. The number of nitrogens with one attached hydrogen (secondary N) is 1. The Balaban J connectivity index is 0.00000180. The van der Waals surface area contributed by atoms with Gasteiger partial charge in [0.25, 0.3) is 5.91 Å². The van der Waals surface area contributed by atoms with E-state index in [2.05, 4.69) is 17.2 Å². The highest BCUT2D eigenvalue weighted by molar-refractivity contribution is 5.92. The number of carbonyl (C=O) groups is 1. The van der Waals surface area contributed by atoms with E-state index < -0.39 is 0 Å². The van der Waals surface area contributed by atoms with Gasteiger partial charge in [0.1, 0.15) is 11.5 Å². The molecule has 0 aromatic carbocycles. The fourth-order valence-corrected chi connectivity index (χ4v) is 2.71. The van der Waals surface area contributed by atoms with Crippen LogP contribution in [-0.2, 0) is 0 Å². The van der Waals surface area contributed by atoms with E-state index >= 15 is 0 Å². The quantitative estimate of drug-likeness (QED) is 0.896. The van der Waals surface area contributed by atoms with Crippen LogP contribution in [0.3, 0.4) is 0 Å². The van der Waals surface area contributed by atoms with Crippen LogP contribution in [0.4, 0.5) is 5.82 Å². The van der Waals surface area contributed by atoms with Crippen LogP contribution < -0.4 is 11.1 Å². The number of nitrogen functional groups attached to an aromatic ring is 1. The van der Waals surface area contributed by atoms with Crippen molar-refractivity contribution in [1.82, 2.24) is 10.3 Å². The van der Waals surface area contributed by atoms with Gasteiger partial charge < -0.3 is 11.1 Å². The number of amides is 1. The minimum atomic E-state index is -0.104. The Morgan fingerprint density at radius 1 is 1.42 bits per heavy atom. The molecule has 1 aliphatic carbocycles. The van der Waals surface area contributed by atoms with E-state index in [1.54, 1.807) is 18.2 Å². The van der Waals surface area contributed by atoms with Crippen molar-refractivity contribution < 1.29 is 4.79 Å². The molecule has 2 rings (SSSR count). The first-order valence-corrected chi connectivity index (χ1v) is 6.74. The first-order valence-electron chi connectivity index (χ1n) is 6.74. The van der Waals surface area contributed by atoms with Crippen molar-refractivity contribution in [2.45, 2.75) is 45.1 Å². The van der Waals surface area contributed by atoms with Crippen LogP contribution in [0.2, 0.25) is 0 Å². The predicted octanol–water partition coefficient (Wildman–Crippen LogP) is 2.78. The zero-order chi connectivity index (χ0) is 13.0. The molecule has 1 aliphatic rings. The Morgan fingerprint density at radius 3 is 2.84 bits per heavy atom. The van der Waals surface area contributed by atoms with Gasteiger partial charge in [-0.1, -0.05) is 32.3 Å². The van der Waals surface area contributed by atoms with Gasteiger partial charge in [-0.05, 0) is 30.9 Å². The minimum Gasteiger partial charge on any atom is -0.384 e. The second-order valence-corrected chi connectivity index (χ2v) is 4.98. The number of anilines is 1. The molecular weight excluding hydrogens is 262 g/mol. The summed E-state index contributed by atoms with van der Waals surface area (Å²) in [6, 6.07) is 5.44. The summed E-state index contributed by atoms with van der Waals surface area (Å²) in [6.45, 7) is 2.19. The number of nitrogens with two attached hydrogens (primary N) is 1. The Bertz CT molecular complexity index is 425. The van der Waals surface area contributed by atoms with Crippen molar-refractivity contribution in [1.29, 1.82) is 0 Å². The molecule has 0 bridgehead atoms. The Labute approximate surface area is 120 Å². The molecule has 0 radical (unpaired) electrons. The van der Waals surface area contributed by atoms with Gasteiger partial charge in [-0.3, -0.25) is 4.79 Å². The maximum Gasteiger partial charge on any atom is 0.270 e. The summed E-state index contributed by atoms with van der Waals surface area (Å²) >= 11 is 0. The van der Waals surface area contributed by atoms with Crippen LogP contribution in [0.5, 0.6) is 0 Å². The molecule has 3 N–H and O–H groups in total. The lowest BCUT2D eigenvalue weighted by Gasteiger charge is -2.31. The smallest absolute Gasteiger partial charge is 0.270 e. The summed E-state index contributed by atoms with van der Waals surface area (Å²) in [7, 11) is 0. The number of carbonyl (C=O) groups excluding carboxylic acids is 1. The van der Waals surface area contributed by atoms with Crippen LogP contribution >= 0.6 is 12.4 Å². The lowest BCUT2D eigenvalue weighted by atomic mass is 9.83. The predicted molar refractivity (Wildman–Crippen MR) is 79.4 cm³/mol. The Hall–Kier alpha value is -1.29. The van der Waals surface area contributed by atoms with Crippen LogP contribution in [-0.4, -0.2) is 16.9 Å². The summed E-state index contributed by atoms with van der Waals surface area (Å²) in [4.78, 5) is 16.2. The first kappa shape index (κ1) is 15.8. The molecule has 2 unspecified atom stereocenters. The second kappa shape index (κ2) is 7.34. The Morgan fingerprint density at radius 2 is 2.16 bits per heavy atom. The topological polar surface area (TPSA) is 68.0 Å². The average Bonchev–Trinajstić information content (AvgIpc) is 2.39. The normalized spacial score (nSPS) is 22.4. The fourth-order valence-electron chi connectivity index (χ4n) is 2.71. The molecule has 0 aliphatic heterocycles. The fraction of sp³-hybridized carbons (Fsp3) is 0.571. The van der Waals surface area contributed by atoms with Gasteiger partial charge in [-0.15, -0.1) is 12.4 Å². The van der Waals surface area contributed by atoms with Crippen molar-refractivity contribution in [3.8, 4) is 0 Å². The SMILES string of the molecule is CCC1CCCCC1NC(=O)c1cccc(N)n1.Cl. The van der Waals surface area contributed by atoms with E-state index in [0.29, 0.717) is 23.5 Å². The standard InChI is InChI=1S/C14H21N3O.ClH/c1-2-10-6-3-4-7-11(10)17-14(18)12-8-5-9-13(15)16-12;/h5,8-11H,2-4,6-7H2,1H3,(H2,15,16)(H,17,18);1H. The van der Waals surface area contributed by atoms with Gasteiger partial charge in [0.05, 0.1) is 0 Å². The highest BCUT2D eigenvalue weighted by Crippen LogP contribution is 2.26. The van der Waals surface area contributed by atoms with Gasteiger partial charge in [0, 0.05) is 6.04 Å². The Kier molecular flexibility index (Phi) is 6.09.